The van der Waals surface area contributed by atoms with Crippen LogP contribution in [0.4, 0.5) is 0 Å². The first-order valence-corrected chi connectivity index (χ1v) is 10.5. The van der Waals surface area contributed by atoms with Crippen LogP contribution in [0.1, 0.15) is 11.3 Å². The molecule has 30 heavy (non-hydrogen) atoms. The Labute approximate surface area is 179 Å². The summed E-state index contributed by atoms with van der Waals surface area (Å²) in [6.45, 7) is 6.52. The number of aromatic nitrogens is 4. The highest BCUT2D eigenvalue weighted by Crippen LogP contribution is 2.32. The molecule has 0 saturated heterocycles. The van der Waals surface area contributed by atoms with Gasteiger partial charge in [-0.15, -0.1) is 16.8 Å². The summed E-state index contributed by atoms with van der Waals surface area (Å²) in [6, 6.07) is 15.9. The fourth-order valence-electron chi connectivity index (χ4n) is 3.06. The van der Waals surface area contributed by atoms with Gasteiger partial charge in [-0.2, -0.15) is 0 Å². The minimum Gasteiger partial charge on any atom is -0.496 e. The predicted molar refractivity (Wildman–Crippen MR) is 118 cm³/mol. The van der Waals surface area contributed by atoms with Crippen molar-refractivity contribution in [3.63, 3.8) is 0 Å². The van der Waals surface area contributed by atoms with E-state index >= 15 is 0 Å². The highest BCUT2D eigenvalue weighted by molar-refractivity contribution is 7.98. The first-order chi connectivity index (χ1) is 14.7. The second-order valence-electron chi connectivity index (χ2n) is 6.70. The number of hydrogen-bond donors (Lipinski definition) is 0. The minimum atomic E-state index is 0.593. The number of benzene rings is 2. The molecule has 0 unspecified atom stereocenters. The van der Waals surface area contributed by atoms with Crippen molar-refractivity contribution in [2.75, 3.05) is 7.11 Å². The molecule has 6 nitrogen and oxygen atoms in total. The van der Waals surface area contributed by atoms with Gasteiger partial charge in [0, 0.05) is 17.9 Å². The number of aryl methyl sites for hydroxylation is 1. The third-order valence-corrected chi connectivity index (χ3v) is 5.58. The first kappa shape index (κ1) is 20.0. The van der Waals surface area contributed by atoms with Gasteiger partial charge in [0.25, 0.3) is 0 Å². The molecule has 7 heteroatoms. The summed E-state index contributed by atoms with van der Waals surface area (Å²) < 4.78 is 13.2. The average molecular weight is 419 g/mol. The van der Waals surface area contributed by atoms with Crippen molar-refractivity contribution in [1.29, 1.82) is 0 Å². The maximum absolute atomic E-state index is 5.66. The topological polar surface area (TPSA) is 66.0 Å². The van der Waals surface area contributed by atoms with E-state index in [1.807, 2.05) is 59.2 Å². The van der Waals surface area contributed by atoms with Gasteiger partial charge in [-0.05, 0) is 31.2 Å². The zero-order valence-corrected chi connectivity index (χ0v) is 17.7. The second kappa shape index (κ2) is 9.00. The molecule has 0 aliphatic carbocycles. The molecule has 0 spiro atoms. The Kier molecular flexibility index (Phi) is 5.99. The second-order valence-corrected chi connectivity index (χ2v) is 7.65. The van der Waals surface area contributed by atoms with Crippen LogP contribution < -0.4 is 4.74 Å². The zero-order valence-electron chi connectivity index (χ0n) is 16.9. The lowest BCUT2D eigenvalue weighted by Gasteiger charge is -2.10. The van der Waals surface area contributed by atoms with Gasteiger partial charge in [0.2, 0.25) is 5.89 Å². The normalized spacial score (nSPS) is 10.9. The molecule has 2 aromatic carbocycles. The number of ether oxygens (including phenoxy) is 1. The Bertz CT molecular complexity index is 1150. The molecule has 4 aromatic rings. The standard InChI is InChI=1S/C23H22N4O2S/c1-4-13-27-21(19-7-5-6-8-20(19)28-3)25-26-23(27)30-15-18-14-29-22(24-18)17-11-9-16(2)10-12-17/h4-12,14H,1,13,15H2,2-3H3. The largest absolute Gasteiger partial charge is 0.496 e. The lowest BCUT2D eigenvalue weighted by Crippen LogP contribution is -2.01. The maximum Gasteiger partial charge on any atom is 0.226 e. The number of hydrogen-bond acceptors (Lipinski definition) is 6. The van der Waals surface area contributed by atoms with Crippen molar-refractivity contribution in [2.45, 2.75) is 24.4 Å². The van der Waals surface area contributed by atoms with E-state index in [1.165, 1.54) is 5.56 Å². The van der Waals surface area contributed by atoms with Crippen molar-refractivity contribution in [3.05, 3.63) is 78.7 Å². The Morgan fingerprint density at radius 1 is 1.13 bits per heavy atom. The summed E-state index contributed by atoms with van der Waals surface area (Å²) in [5, 5.41) is 9.59. The monoisotopic (exact) mass is 418 g/mol. The van der Waals surface area contributed by atoms with Gasteiger partial charge in [0.05, 0.1) is 18.4 Å². The smallest absolute Gasteiger partial charge is 0.226 e. The minimum absolute atomic E-state index is 0.593. The number of rotatable bonds is 8. The molecule has 0 atom stereocenters. The van der Waals surface area contributed by atoms with Crippen molar-refractivity contribution >= 4 is 11.8 Å². The molecular formula is C23H22N4O2S. The van der Waals surface area contributed by atoms with E-state index in [0.29, 0.717) is 18.2 Å². The van der Waals surface area contributed by atoms with Crippen molar-refractivity contribution in [2.24, 2.45) is 0 Å². The summed E-state index contributed by atoms with van der Waals surface area (Å²) in [5.41, 5.74) is 3.91. The van der Waals surface area contributed by atoms with Crippen molar-refractivity contribution < 1.29 is 9.15 Å². The molecule has 0 aliphatic rings. The molecule has 152 valence electrons. The van der Waals surface area contributed by atoms with E-state index in [1.54, 1.807) is 25.1 Å². The zero-order chi connectivity index (χ0) is 20.9. The lowest BCUT2D eigenvalue weighted by atomic mass is 10.1. The molecule has 2 heterocycles. The molecule has 0 amide bonds. The molecular weight excluding hydrogens is 396 g/mol. The number of oxazole rings is 1. The van der Waals surface area contributed by atoms with Crippen LogP contribution in [0, 0.1) is 6.92 Å². The number of methoxy groups -OCH3 is 1. The fourth-order valence-corrected chi connectivity index (χ4v) is 3.88. The number of thioether (sulfide) groups is 1. The quantitative estimate of drug-likeness (QED) is 0.282. The summed E-state index contributed by atoms with van der Waals surface area (Å²) in [4.78, 5) is 4.61. The SMILES string of the molecule is C=CCn1c(SCc2coc(-c3ccc(C)cc3)n2)nnc1-c1ccccc1OC. The fraction of sp³-hybridized carbons (Fsp3) is 0.174. The third kappa shape index (κ3) is 4.16. The van der Waals surface area contributed by atoms with E-state index in [-0.39, 0.29) is 0 Å². The van der Waals surface area contributed by atoms with E-state index in [2.05, 4.69) is 28.7 Å². The van der Waals surface area contributed by atoms with Gasteiger partial charge in [-0.3, -0.25) is 4.57 Å². The van der Waals surface area contributed by atoms with Crippen LogP contribution in [0.2, 0.25) is 0 Å². The van der Waals surface area contributed by atoms with E-state index in [9.17, 15) is 0 Å². The first-order valence-electron chi connectivity index (χ1n) is 9.51. The summed E-state index contributed by atoms with van der Waals surface area (Å²) >= 11 is 1.56. The van der Waals surface area contributed by atoms with Gasteiger partial charge < -0.3 is 9.15 Å². The summed E-state index contributed by atoms with van der Waals surface area (Å²) in [7, 11) is 1.65. The molecule has 0 aliphatic heterocycles. The van der Waals surface area contributed by atoms with E-state index in [4.69, 9.17) is 9.15 Å². The Balaban J connectivity index is 1.55. The van der Waals surface area contributed by atoms with Crippen molar-refractivity contribution in [3.8, 4) is 28.6 Å². The number of para-hydroxylation sites is 1. The molecule has 0 N–H and O–H groups in total. The predicted octanol–water partition coefficient (Wildman–Crippen LogP) is 5.40. The molecule has 0 saturated carbocycles. The van der Waals surface area contributed by atoms with Crippen LogP contribution in [-0.2, 0) is 12.3 Å². The molecule has 4 rings (SSSR count). The molecule has 0 radical (unpaired) electrons. The van der Waals surface area contributed by atoms with Gasteiger partial charge in [-0.1, -0.05) is 47.7 Å². The maximum atomic E-state index is 5.66. The van der Waals surface area contributed by atoms with Crippen molar-refractivity contribution in [1.82, 2.24) is 19.7 Å². The Hall–Kier alpha value is -3.32. The Morgan fingerprint density at radius 3 is 2.70 bits per heavy atom. The van der Waals surface area contributed by atoms with Crippen LogP contribution >= 0.6 is 11.8 Å². The lowest BCUT2D eigenvalue weighted by molar-refractivity contribution is 0.416. The van der Waals surface area contributed by atoms with Gasteiger partial charge >= 0.3 is 0 Å². The summed E-state index contributed by atoms with van der Waals surface area (Å²) in [5.74, 6) is 2.74. The van der Waals surface area contributed by atoms with Crippen LogP contribution in [-0.4, -0.2) is 26.9 Å². The van der Waals surface area contributed by atoms with E-state index in [0.717, 1.165) is 33.6 Å². The number of nitrogens with zero attached hydrogens (tertiary/aromatic N) is 4. The Morgan fingerprint density at radius 2 is 1.93 bits per heavy atom. The van der Waals surface area contributed by atoms with Crippen LogP contribution in [0.15, 0.2) is 77.0 Å². The average Bonchev–Trinajstić information content (AvgIpc) is 3.40. The van der Waals surface area contributed by atoms with Crippen LogP contribution in [0.25, 0.3) is 22.8 Å². The van der Waals surface area contributed by atoms with Crippen LogP contribution in [0.3, 0.4) is 0 Å². The molecule has 0 bridgehead atoms. The third-order valence-electron chi connectivity index (χ3n) is 4.58. The van der Waals surface area contributed by atoms with Gasteiger partial charge in [-0.25, -0.2) is 4.98 Å². The van der Waals surface area contributed by atoms with E-state index < -0.39 is 0 Å². The van der Waals surface area contributed by atoms with Crippen LogP contribution in [0.5, 0.6) is 5.75 Å². The molecule has 0 fully saturated rings. The van der Waals surface area contributed by atoms with Gasteiger partial charge in [0.1, 0.15) is 12.0 Å². The number of allylic oxidation sites excluding steroid dienone is 1. The summed E-state index contributed by atoms with van der Waals surface area (Å²) in [6.07, 6.45) is 3.52. The van der Waals surface area contributed by atoms with Gasteiger partial charge in [0.15, 0.2) is 11.0 Å². The molecule has 2 aromatic heterocycles. The highest BCUT2D eigenvalue weighted by atomic mass is 32.2. The highest BCUT2D eigenvalue weighted by Gasteiger charge is 2.17.